The van der Waals surface area contributed by atoms with Gasteiger partial charge in [-0.15, -0.1) is 0 Å². The number of hydrogen-bond acceptors (Lipinski definition) is 5. The van der Waals surface area contributed by atoms with Crippen LogP contribution in [0.1, 0.15) is 55.5 Å². The number of ether oxygens (including phenoxy) is 2. The summed E-state index contributed by atoms with van der Waals surface area (Å²) in [6.45, 7) is 5.35. The Morgan fingerprint density at radius 2 is 2.04 bits per heavy atom. The number of halogens is 1. The number of carbonyl (C=O) groups excluding carboxylic acids is 3. The first-order valence-electron chi connectivity index (χ1n) is 9.33. The van der Waals surface area contributed by atoms with Gasteiger partial charge in [-0.3, -0.25) is 4.79 Å². The number of rotatable bonds is 6. The summed E-state index contributed by atoms with van der Waals surface area (Å²) in [5.41, 5.74) is 1.13. The van der Waals surface area contributed by atoms with Crippen molar-refractivity contribution in [3.63, 3.8) is 0 Å². The highest BCUT2D eigenvalue weighted by Crippen LogP contribution is 2.39. The molecule has 150 valence electrons. The van der Waals surface area contributed by atoms with Crippen molar-refractivity contribution in [3.8, 4) is 5.75 Å². The Morgan fingerprint density at radius 3 is 2.71 bits per heavy atom. The summed E-state index contributed by atoms with van der Waals surface area (Å²) in [7, 11) is 0. The number of fused-ring (bicyclic) bond motifs is 1. The van der Waals surface area contributed by atoms with Gasteiger partial charge in [-0.1, -0.05) is 13.8 Å². The molecule has 28 heavy (non-hydrogen) atoms. The Balaban J connectivity index is 1.93. The SMILES string of the molecule is CCOC(=O)C1=C(COc2ccc(F)c3c2C(=O)CC3C)NC(=O)NC1CC. The summed E-state index contributed by atoms with van der Waals surface area (Å²) in [6.07, 6.45) is 0.717. The van der Waals surface area contributed by atoms with Crippen LogP contribution in [0.3, 0.4) is 0 Å². The van der Waals surface area contributed by atoms with Crippen LogP contribution in [0, 0.1) is 5.82 Å². The quantitative estimate of drug-likeness (QED) is 0.729. The van der Waals surface area contributed by atoms with Crippen LogP contribution < -0.4 is 15.4 Å². The van der Waals surface area contributed by atoms with Crippen LogP contribution in [0.25, 0.3) is 0 Å². The van der Waals surface area contributed by atoms with Crippen LogP contribution in [-0.4, -0.2) is 37.0 Å². The van der Waals surface area contributed by atoms with Crippen molar-refractivity contribution in [2.45, 2.75) is 45.6 Å². The Morgan fingerprint density at radius 1 is 1.29 bits per heavy atom. The molecule has 1 aliphatic carbocycles. The highest BCUT2D eigenvalue weighted by Gasteiger charge is 2.34. The molecule has 1 heterocycles. The number of esters is 1. The molecule has 1 aromatic rings. The normalized spacial score (nSPS) is 21.1. The molecule has 0 bridgehead atoms. The van der Waals surface area contributed by atoms with Gasteiger partial charge in [0.1, 0.15) is 18.2 Å². The number of Topliss-reactive ketones (excluding diaryl/α,β-unsaturated/α-hetero) is 1. The lowest BCUT2D eigenvalue weighted by Gasteiger charge is -2.28. The number of urea groups is 1. The highest BCUT2D eigenvalue weighted by molar-refractivity contribution is 6.03. The zero-order valence-corrected chi connectivity index (χ0v) is 16.1. The molecule has 0 spiro atoms. The molecule has 2 amide bonds. The van der Waals surface area contributed by atoms with E-state index in [1.54, 1.807) is 13.8 Å². The lowest BCUT2D eigenvalue weighted by Crippen LogP contribution is -2.51. The lowest BCUT2D eigenvalue weighted by atomic mass is 10.0. The smallest absolute Gasteiger partial charge is 0.338 e. The molecule has 1 aliphatic heterocycles. The molecule has 7 nitrogen and oxygen atoms in total. The molecule has 8 heteroatoms. The fraction of sp³-hybridized carbons (Fsp3) is 0.450. The van der Waals surface area contributed by atoms with Gasteiger partial charge >= 0.3 is 12.0 Å². The third-order valence-electron chi connectivity index (χ3n) is 4.94. The number of benzene rings is 1. The minimum absolute atomic E-state index is 0.155. The van der Waals surface area contributed by atoms with Crippen LogP contribution in [0.5, 0.6) is 5.75 Å². The van der Waals surface area contributed by atoms with E-state index in [0.717, 1.165) is 0 Å². The molecular formula is C20H23FN2O5. The van der Waals surface area contributed by atoms with Crippen LogP contribution in [0.2, 0.25) is 0 Å². The number of nitrogens with one attached hydrogen (secondary N) is 2. The Bertz CT molecular complexity index is 864. The molecule has 0 radical (unpaired) electrons. The van der Waals surface area contributed by atoms with E-state index in [9.17, 15) is 18.8 Å². The summed E-state index contributed by atoms with van der Waals surface area (Å²) < 4.78 is 25.0. The molecule has 2 atom stereocenters. The van der Waals surface area contributed by atoms with E-state index < -0.39 is 23.9 Å². The van der Waals surface area contributed by atoms with E-state index in [2.05, 4.69) is 10.6 Å². The van der Waals surface area contributed by atoms with E-state index in [1.807, 2.05) is 6.92 Å². The maximum Gasteiger partial charge on any atom is 0.338 e. The first-order chi connectivity index (χ1) is 13.4. The van der Waals surface area contributed by atoms with Gasteiger partial charge in [0.05, 0.1) is 29.5 Å². The van der Waals surface area contributed by atoms with Crippen molar-refractivity contribution in [2.24, 2.45) is 0 Å². The average molecular weight is 390 g/mol. The van der Waals surface area contributed by atoms with Gasteiger partial charge in [0.2, 0.25) is 0 Å². The van der Waals surface area contributed by atoms with Crippen molar-refractivity contribution in [2.75, 3.05) is 13.2 Å². The maximum atomic E-state index is 14.1. The number of ketones is 1. The van der Waals surface area contributed by atoms with E-state index in [0.29, 0.717) is 12.0 Å². The standard InChI is InChI=1S/C20H23FN2O5/c1-4-12-17(19(25)27-5-2)13(23-20(26)22-12)9-28-15-7-6-11(21)16-10(3)8-14(24)18(15)16/h6-7,10,12H,4-5,8-9H2,1-3H3,(H2,22,23,26). The predicted molar refractivity (Wildman–Crippen MR) is 98.7 cm³/mol. The topological polar surface area (TPSA) is 93.7 Å². The van der Waals surface area contributed by atoms with E-state index in [-0.39, 0.29) is 53.9 Å². The highest BCUT2D eigenvalue weighted by atomic mass is 19.1. The van der Waals surface area contributed by atoms with Gasteiger partial charge in [-0.25, -0.2) is 14.0 Å². The molecule has 0 aromatic heterocycles. The predicted octanol–water partition coefficient (Wildman–Crippen LogP) is 2.80. The van der Waals surface area contributed by atoms with E-state index in [4.69, 9.17) is 9.47 Å². The second-order valence-corrected chi connectivity index (χ2v) is 6.82. The van der Waals surface area contributed by atoms with Gasteiger partial charge in [0.15, 0.2) is 5.78 Å². The van der Waals surface area contributed by atoms with Crippen LogP contribution >= 0.6 is 0 Å². The fourth-order valence-corrected chi connectivity index (χ4v) is 3.67. The van der Waals surface area contributed by atoms with Crippen molar-refractivity contribution >= 4 is 17.8 Å². The Labute approximate surface area is 162 Å². The molecule has 0 saturated heterocycles. The number of carbonyl (C=O) groups is 3. The molecular weight excluding hydrogens is 367 g/mol. The zero-order valence-electron chi connectivity index (χ0n) is 16.1. The molecule has 0 saturated carbocycles. The summed E-state index contributed by atoms with van der Waals surface area (Å²) in [5, 5.41) is 5.26. The minimum atomic E-state index is -0.547. The number of hydrogen-bond donors (Lipinski definition) is 2. The second kappa shape index (κ2) is 8.00. The number of amides is 2. The molecule has 0 fully saturated rings. The van der Waals surface area contributed by atoms with Crippen LogP contribution in [-0.2, 0) is 9.53 Å². The summed E-state index contributed by atoms with van der Waals surface area (Å²) >= 11 is 0. The van der Waals surface area contributed by atoms with Crippen molar-refractivity contribution < 1.29 is 28.2 Å². The second-order valence-electron chi connectivity index (χ2n) is 6.82. The van der Waals surface area contributed by atoms with E-state index >= 15 is 0 Å². The molecule has 3 rings (SSSR count). The van der Waals surface area contributed by atoms with Crippen LogP contribution in [0.15, 0.2) is 23.4 Å². The average Bonchev–Trinajstić information content (AvgIpc) is 2.96. The molecule has 2 aliphatic rings. The minimum Gasteiger partial charge on any atom is -0.487 e. The van der Waals surface area contributed by atoms with Gasteiger partial charge in [0, 0.05) is 12.0 Å². The third kappa shape index (κ3) is 3.58. The summed E-state index contributed by atoms with van der Waals surface area (Å²) in [6, 6.07) is 1.70. The van der Waals surface area contributed by atoms with Gasteiger partial charge in [-0.2, -0.15) is 0 Å². The van der Waals surface area contributed by atoms with E-state index in [1.165, 1.54) is 12.1 Å². The van der Waals surface area contributed by atoms with Gasteiger partial charge < -0.3 is 20.1 Å². The monoisotopic (exact) mass is 390 g/mol. The summed E-state index contributed by atoms with van der Waals surface area (Å²) in [5.74, 6) is -1.15. The van der Waals surface area contributed by atoms with Crippen molar-refractivity contribution in [1.29, 1.82) is 0 Å². The van der Waals surface area contributed by atoms with Gasteiger partial charge in [0.25, 0.3) is 0 Å². The van der Waals surface area contributed by atoms with Crippen LogP contribution in [0.4, 0.5) is 9.18 Å². The molecule has 2 unspecified atom stereocenters. The van der Waals surface area contributed by atoms with Gasteiger partial charge in [-0.05, 0) is 31.4 Å². The van der Waals surface area contributed by atoms with Crippen molar-refractivity contribution in [1.82, 2.24) is 10.6 Å². The molecule has 2 N–H and O–H groups in total. The fourth-order valence-electron chi connectivity index (χ4n) is 3.67. The largest absolute Gasteiger partial charge is 0.487 e. The third-order valence-corrected chi connectivity index (χ3v) is 4.94. The Hall–Kier alpha value is -2.90. The lowest BCUT2D eigenvalue weighted by molar-refractivity contribution is -0.139. The zero-order chi connectivity index (χ0) is 20.4. The first-order valence-corrected chi connectivity index (χ1v) is 9.33. The molecule has 1 aromatic carbocycles. The summed E-state index contributed by atoms with van der Waals surface area (Å²) in [4.78, 5) is 36.6. The first kappa shape index (κ1) is 19.9. The maximum absolute atomic E-state index is 14.1. The Kier molecular flexibility index (Phi) is 5.67. The van der Waals surface area contributed by atoms with Crippen molar-refractivity contribution in [3.05, 3.63) is 40.3 Å².